The molecule has 0 saturated heterocycles. The normalized spacial score (nSPS) is 28.1. The van der Waals surface area contributed by atoms with Crippen molar-refractivity contribution in [1.82, 2.24) is 14.9 Å². The molecule has 0 bridgehead atoms. The molecule has 1 aliphatic rings. The molecule has 4 heteroatoms. The zero-order valence-corrected chi connectivity index (χ0v) is 8.68. The first kappa shape index (κ1) is 9.09. The second-order valence-corrected chi connectivity index (χ2v) is 4.50. The van der Waals surface area contributed by atoms with Crippen LogP contribution in [0.2, 0.25) is 0 Å². The summed E-state index contributed by atoms with van der Waals surface area (Å²) in [5, 5.41) is 9.53. The standard InChI is InChI=1S/C9H15N3S/c1-7-2-3-8(4-7)10-5-9-6-13-12-11-9/h6-8,10H,2-5H2,1H3. The van der Waals surface area contributed by atoms with Crippen LogP contribution in [0.15, 0.2) is 5.38 Å². The Bertz CT molecular complexity index is 247. The minimum atomic E-state index is 0.705. The van der Waals surface area contributed by atoms with E-state index in [1.54, 1.807) is 0 Å². The average Bonchev–Trinajstić information content (AvgIpc) is 2.71. The van der Waals surface area contributed by atoms with Crippen molar-refractivity contribution in [3.05, 3.63) is 11.1 Å². The van der Waals surface area contributed by atoms with Gasteiger partial charge in [-0.25, -0.2) is 0 Å². The highest BCUT2D eigenvalue weighted by atomic mass is 32.1. The van der Waals surface area contributed by atoms with Crippen LogP contribution in [-0.4, -0.2) is 15.6 Å². The van der Waals surface area contributed by atoms with Gasteiger partial charge in [0.15, 0.2) is 0 Å². The van der Waals surface area contributed by atoms with Gasteiger partial charge in [0.1, 0.15) is 0 Å². The van der Waals surface area contributed by atoms with E-state index in [9.17, 15) is 0 Å². The van der Waals surface area contributed by atoms with Gasteiger partial charge >= 0.3 is 0 Å². The molecule has 0 spiro atoms. The first-order valence-electron chi connectivity index (χ1n) is 4.84. The maximum atomic E-state index is 4.00. The maximum Gasteiger partial charge on any atom is 0.0893 e. The fraction of sp³-hybridized carbons (Fsp3) is 0.778. The quantitative estimate of drug-likeness (QED) is 0.803. The molecule has 2 rings (SSSR count). The Morgan fingerprint density at radius 2 is 2.54 bits per heavy atom. The zero-order chi connectivity index (χ0) is 9.10. The molecule has 2 unspecified atom stereocenters. The lowest BCUT2D eigenvalue weighted by Gasteiger charge is -2.10. The van der Waals surface area contributed by atoms with Gasteiger partial charge in [-0.2, -0.15) is 0 Å². The van der Waals surface area contributed by atoms with Gasteiger partial charge in [0.05, 0.1) is 5.69 Å². The SMILES string of the molecule is CC1CCC(NCc2csnn2)C1. The lowest BCUT2D eigenvalue weighted by atomic mass is 10.1. The van der Waals surface area contributed by atoms with Crippen LogP contribution in [0.5, 0.6) is 0 Å². The Morgan fingerprint density at radius 3 is 3.15 bits per heavy atom. The molecule has 1 N–H and O–H groups in total. The van der Waals surface area contributed by atoms with Crippen LogP contribution in [0, 0.1) is 5.92 Å². The zero-order valence-electron chi connectivity index (χ0n) is 7.86. The highest BCUT2D eigenvalue weighted by Gasteiger charge is 2.20. The van der Waals surface area contributed by atoms with E-state index in [2.05, 4.69) is 21.8 Å². The van der Waals surface area contributed by atoms with E-state index in [0.29, 0.717) is 6.04 Å². The van der Waals surface area contributed by atoms with Crippen LogP contribution in [0.3, 0.4) is 0 Å². The third-order valence-corrected chi connectivity index (χ3v) is 3.23. The van der Waals surface area contributed by atoms with Gasteiger partial charge in [-0.3, -0.25) is 0 Å². The minimum Gasteiger partial charge on any atom is -0.308 e. The molecule has 13 heavy (non-hydrogen) atoms. The van der Waals surface area contributed by atoms with E-state index in [4.69, 9.17) is 0 Å². The van der Waals surface area contributed by atoms with Crippen molar-refractivity contribution in [2.24, 2.45) is 5.92 Å². The Labute approximate surface area is 82.7 Å². The lowest BCUT2D eigenvalue weighted by Crippen LogP contribution is -2.25. The first-order chi connectivity index (χ1) is 6.34. The predicted octanol–water partition coefficient (Wildman–Crippen LogP) is 1.82. The Balaban J connectivity index is 1.74. The monoisotopic (exact) mass is 197 g/mol. The summed E-state index contributed by atoms with van der Waals surface area (Å²) in [7, 11) is 0. The van der Waals surface area contributed by atoms with Gasteiger partial charge in [-0.15, -0.1) is 5.10 Å². The van der Waals surface area contributed by atoms with Gasteiger partial charge in [0.2, 0.25) is 0 Å². The molecule has 72 valence electrons. The van der Waals surface area contributed by atoms with Crippen molar-refractivity contribution < 1.29 is 0 Å². The van der Waals surface area contributed by atoms with E-state index in [1.807, 2.05) is 5.38 Å². The van der Waals surface area contributed by atoms with E-state index >= 15 is 0 Å². The molecule has 3 nitrogen and oxygen atoms in total. The third kappa shape index (κ3) is 2.48. The third-order valence-electron chi connectivity index (χ3n) is 2.67. The molecule has 1 fully saturated rings. The van der Waals surface area contributed by atoms with Gasteiger partial charge in [0.25, 0.3) is 0 Å². The molecule has 0 aromatic carbocycles. The van der Waals surface area contributed by atoms with Crippen LogP contribution in [0.4, 0.5) is 0 Å². The lowest BCUT2D eigenvalue weighted by molar-refractivity contribution is 0.498. The number of nitrogens with one attached hydrogen (secondary N) is 1. The summed E-state index contributed by atoms with van der Waals surface area (Å²) in [6.45, 7) is 3.21. The number of aromatic nitrogens is 2. The Hall–Kier alpha value is -0.480. The van der Waals surface area contributed by atoms with Crippen molar-refractivity contribution in [1.29, 1.82) is 0 Å². The summed E-state index contributed by atoms with van der Waals surface area (Å²) in [5.41, 5.74) is 1.07. The predicted molar refractivity (Wildman–Crippen MR) is 53.6 cm³/mol. The van der Waals surface area contributed by atoms with Crippen LogP contribution in [0.25, 0.3) is 0 Å². The van der Waals surface area contributed by atoms with Crippen LogP contribution in [-0.2, 0) is 6.54 Å². The molecule has 1 aliphatic carbocycles. The van der Waals surface area contributed by atoms with E-state index < -0.39 is 0 Å². The molecule has 1 saturated carbocycles. The highest BCUT2D eigenvalue weighted by molar-refractivity contribution is 7.03. The molecular weight excluding hydrogens is 182 g/mol. The number of rotatable bonds is 3. The minimum absolute atomic E-state index is 0.705. The molecule has 0 aliphatic heterocycles. The molecule has 1 aromatic heterocycles. The fourth-order valence-corrected chi connectivity index (χ4v) is 2.35. The molecule has 1 heterocycles. The highest BCUT2D eigenvalue weighted by Crippen LogP contribution is 2.24. The van der Waals surface area contributed by atoms with Crippen molar-refractivity contribution in [2.45, 2.75) is 38.8 Å². The second-order valence-electron chi connectivity index (χ2n) is 3.89. The summed E-state index contributed by atoms with van der Waals surface area (Å²) in [6, 6.07) is 0.705. The molecule has 0 radical (unpaired) electrons. The average molecular weight is 197 g/mol. The topological polar surface area (TPSA) is 37.8 Å². The van der Waals surface area contributed by atoms with Gasteiger partial charge in [-0.1, -0.05) is 11.4 Å². The van der Waals surface area contributed by atoms with Crippen LogP contribution in [0.1, 0.15) is 31.9 Å². The summed E-state index contributed by atoms with van der Waals surface area (Å²) in [6.07, 6.45) is 4.00. The van der Waals surface area contributed by atoms with Crippen molar-refractivity contribution in [3.8, 4) is 0 Å². The van der Waals surface area contributed by atoms with Crippen molar-refractivity contribution in [3.63, 3.8) is 0 Å². The van der Waals surface area contributed by atoms with Gasteiger partial charge in [-0.05, 0) is 36.7 Å². The Kier molecular flexibility index (Phi) is 2.90. The summed E-state index contributed by atoms with van der Waals surface area (Å²) in [4.78, 5) is 0. The molecule has 1 aromatic rings. The van der Waals surface area contributed by atoms with Crippen LogP contribution >= 0.6 is 11.5 Å². The van der Waals surface area contributed by atoms with E-state index in [1.165, 1.54) is 30.8 Å². The van der Waals surface area contributed by atoms with Crippen molar-refractivity contribution in [2.75, 3.05) is 0 Å². The molecule has 2 atom stereocenters. The van der Waals surface area contributed by atoms with Gasteiger partial charge < -0.3 is 5.32 Å². The second kappa shape index (κ2) is 4.15. The Morgan fingerprint density at radius 1 is 1.62 bits per heavy atom. The maximum absolute atomic E-state index is 4.00. The van der Waals surface area contributed by atoms with Gasteiger partial charge in [0, 0.05) is 18.0 Å². The number of nitrogens with zero attached hydrogens (tertiary/aromatic N) is 2. The number of hydrogen-bond donors (Lipinski definition) is 1. The summed E-state index contributed by atoms with van der Waals surface area (Å²) >= 11 is 1.42. The fourth-order valence-electron chi connectivity index (χ4n) is 1.90. The van der Waals surface area contributed by atoms with Crippen LogP contribution < -0.4 is 5.32 Å². The van der Waals surface area contributed by atoms with E-state index in [-0.39, 0.29) is 0 Å². The largest absolute Gasteiger partial charge is 0.308 e. The number of hydrogen-bond acceptors (Lipinski definition) is 4. The molecular formula is C9H15N3S. The summed E-state index contributed by atoms with van der Waals surface area (Å²) < 4.78 is 3.83. The smallest absolute Gasteiger partial charge is 0.0893 e. The van der Waals surface area contributed by atoms with E-state index in [0.717, 1.165) is 18.2 Å². The molecule has 0 amide bonds. The van der Waals surface area contributed by atoms with Crippen molar-refractivity contribution >= 4 is 11.5 Å². The first-order valence-corrected chi connectivity index (χ1v) is 5.67. The summed E-state index contributed by atoms with van der Waals surface area (Å²) in [5.74, 6) is 0.894.